The number of nitrogens with one attached hydrogen (secondary N) is 1. The number of carbonyl (C=O) groups is 1. The lowest BCUT2D eigenvalue weighted by molar-refractivity contribution is -0.132. The molecular weight excluding hydrogens is 292 g/mol. The highest BCUT2D eigenvalue weighted by Gasteiger charge is 2.25. The van der Waals surface area contributed by atoms with Gasteiger partial charge in [0.05, 0.1) is 6.54 Å². The fourth-order valence-electron chi connectivity index (χ4n) is 3.27. The number of hydrogen-bond donors (Lipinski definition) is 1. The van der Waals surface area contributed by atoms with Crippen LogP contribution in [-0.4, -0.2) is 49.2 Å². The number of benzene rings is 1. The van der Waals surface area contributed by atoms with Gasteiger partial charge in [-0.25, -0.2) is 0 Å². The summed E-state index contributed by atoms with van der Waals surface area (Å²) in [5.41, 5.74) is 0. The topological polar surface area (TPSA) is 50.8 Å². The molecule has 126 valence electrons. The largest absolute Gasteiger partial charge is 0.486 e. The quantitative estimate of drug-likeness (QED) is 0.874. The molecule has 1 aromatic rings. The highest BCUT2D eigenvalue weighted by molar-refractivity contribution is 5.76. The molecule has 1 N–H and O–H groups in total. The van der Waals surface area contributed by atoms with Gasteiger partial charge in [-0.1, -0.05) is 12.1 Å². The summed E-state index contributed by atoms with van der Waals surface area (Å²) in [5.74, 6) is 1.76. The lowest BCUT2D eigenvalue weighted by atomic mass is 10.1. The number of nitrogens with zero attached hydrogens (tertiary/aromatic N) is 1. The Kier molecular flexibility index (Phi) is 5.39. The van der Waals surface area contributed by atoms with E-state index in [9.17, 15) is 4.79 Å². The van der Waals surface area contributed by atoms with Crippen molar-refractivity contribution in [1.29, 1.82) is 0 Å². The molecule has 5 heteroatoms. The van der Waals surface area contributed by atoms with E-state index in [-0.39, 0.29) is 12.0 Å². The number of para-hydroxylation sites is 2. The zero-order valence-electron chi connectivity index (χ0n) is 13.8. The minimum absolute atomic E-state index is 0.0987. The van der Waals surface area contributed by atoms with Crippen molar-refractivity contribution in [3.05, 3.63) is 24.3 Å². The van der Waals surface area contributed by atoms with Crippen LogP contribution in [0.25, 0.3) is 0 Å². The maximum absolute atomic E-state index is 12.5. The van der Waals surface area contributed by atoms with Crippen molar-refractivity contribution in [2.75, 3.05) is 26.2 Å². The molecule has 2 heterocycles. The lowest BCUT2D eigenvalue weighted by Gasteiger charge is -2.31. The van der Waals surface area contributed by atoms with E-state index in [1.165, 1.54) is 12.8 Å². The summed E-state index contributed by atoms with van der Waals surface area (Å²) in [6, 6.07) is 8.19. The van der Waals surface area contributed by atoms with Crippen LogP contribution < -0.4 is 14.8 Å². The molecule has 1 amide bonds. The molecule has 3 rings (SSSR count). The van der Waals surface area contributed by atoms with Gasteiger partial charge in [0.15, 0.2) is 17.6 Å². The zero-order valence-corrected chi connectivity index (χ0v) is 13.8. The van der Waals surface area contributed by atoms with Crippen LogP contribution in [0.15, 0.2) is 24.3 Å². The van der Waals surface area contributed by atoms with Gasteiger partial charge >= 0.3 is 0 Å². The Bertz CT molecular complexity index is 529. The average Bonchev–Trinajstić information content (AvgIpc) is 3.11. The Balaban J connectivity index is 1.50. The second-order valence-corrected chi connectivity index (χ2v) is 6.26. The van der Waals surface area contributed by atoms with E-state index in [1.807, 2.05) is 36.1 Å². The molecule has 2 atom stereocenters. The SMILES string of the molecule is CCN(CC1COc2ccccc2O1)C(=O)CCC1CCCN1. The monoisotopic (exact) mass is 318 g/mol. The standard InChI is InChI=1S/C18H26N2O3/c1-2-20(18(21)10-9-14-6-5-11-19-14)12-15-13-22-16-7-3-4-8-17(16)23-15/h3-4,7-8,14-15,19H,2,5-6,9-13H2,1H3. The molecule has 2 unspecified atom stereocenters. The van der Waals surface area contributed by atoms with E-state index in [0.717, 1.165) is 24.5 Å². The van der Waals surface area contributed by atoms with E-state index < -0.39 is 0 Å². The smallest absolute Gasteiger partial charge is 0.222 e. The number of fused-ring (bicyclic) bond motifs is 1. The summed E-state index contributed by atoms with van der Waals surface area (Å²) in [7, 11) is 0. The van der Waals surface area contributed by atoms with Crippen molar-refractivity contribution in [1.82, 2.24) is 10.2 Å². The highest BCUT2D eigenvalue weighted by Crippen LogP contribution is 2.31. The third kappa shape index (κ3) is 4.16. The molecule has 1 fully saturated rings. The molecule has 0 saturated carbocycles. The van der Waals surface area contributed by atoms with Crippen LogP contribution in [0.1, 0.15) is 32.6 Å². The van der Waals surface area contributed by atoms with Crippen molar-refractivity contribution in [3.8, 4) is 11.5 Å². The molecule has 1 saturated heterocycles. The number of carbonyl (C=O) groups excluding carboxylic acids is 1. The first kappa shape index (κ1) is 16.1. The predicted octanol–water partition coefficient (Wildman–Crippen LogP) is 2.21. The zero-order chi connectivity index (χ0) is 16.1. The summed E-state index contributed by atoms with van der Waals surface area (Å²) < 4.78 is 11.7. The van der Waals surface area contributed by atoms with Crippen molar-refractivity contribution >= 4 is 5.91 Å². The van der Waals surface area contributed by atoms with E-state index >= 15 is 0 Å². The predicted molar refractivity (Wildman–Crippen MR) is 88.9 cm³/mol. The molecule has 0 aliphatic carbocycles. The van der Waals surface area contributed by atoms with Crippen LogP contribution >= 0.6 is 0 Å². The van der Waals surface area contributed by atoms with Crippen molar-refractivity contribution in [3.63, 3.8) is 0 Å². The van der Waals surface area contributed by atoms with Gasteiger partial charge in [-0.15, -0.1) is 0 Å². The fourth-order valence-corrected chi connectivity index (χ4v) is 3.27. The van der Waals surface area contributed by atoms with E-state index in [0.29, 0.717) is 32.2 Å². The molecule has 1 aromatic carbocycles. The van der Waals surface area contributed by atoms with Gasteiger partial charge in [0.1, 0.15) is 6.61 Å². The molecule has 0 bridgehead atoms. The van der Waals surface area contributed by atoms with Gasteiger partial charge < -0.3 is 19.7 Å². The summed E-state index contributed by atoms with van der Waals surface area (Å²) in [5, 5.41) is 3.45. The molecule has 0 radical (unpaired) electrons. The Morgan fingerprint density at radius 3 is 2.91 bits per heavy atom. The van der Waals surface area contributed by atoms with Crippen LogP contribution in [0.5, 0.6) is 11.5 Å². The number of rotatable bonds is 6. The summed E-state index contributed by atoms with van der Waals surface area (Å²) in [6.45, 7) is 4.89. The van der Waals surface area contributed by atoms with Crippen LogP contribution in [0.3, 0.4) is 0 Å². The third-order valence-electron chi connectivity index (χ3n) is 4.60. The van der Waals surface area contributed by atoms with Crippen molar-refractivity contribution in [2.45, 2.75) is 44.8 Å². The number of likely N-dealkylation sites (N-methyl/N-ethyl adjacent to an activating group) is 1. The molecule has 5 nitrogen and oxygen atoms in total. The summed E-state index contributed by atoms with van der Waals surface area (Å²) in [4.78, 5) is 14.3. The van der Waals surface area contributed by atoms with Crippen LogP contribution in [0.2, 0.25) is 0 Å². The van der Waals surface area contributed by atoms with Crippen molar-refractivity contribution < 1.29 is 14.3 Å². The molecular formula is C18H26N2O3. The number of ether oxygens (including phenoxy) is 2. The van der Waals surface area contributed by atoms with Gasteiger partial charge in [0.2, 0.25) is 5.91 Å². The maximum Gasteiger partial charge on any atom is 0.222 e. The second kappa shape index (κ2) is 7.68. The Morgan fingerprint density at radius 2 is 2.17 bits per heavy atom. The molecule has 2 aliphatic heterocycles. The minimum atomic E-state index is -0.0987. The number of amides is 1. The minimum Gasteiger partial charge on any atom is -0.486 e. The van der Waals surface area contributed by atoms with Gasteiger partial charge in [-0.3, -0.25) is 4.79 Å². The molecule has 0 spiro atoms. The first-order chi connectivity index (χ1) is 11.3. The Morgan fingerprint density at radius 1 is 1.35 bits per heavy atom. The number of hydrogen-bond acceptors (Lipinski definition) is 4. The average molecular weight is 318 g/mol. The third-order valence-corrected chi connectivity index (χ3v) is 4.60. The van der Waals surface area contributed by atoms with E-state index in [4.69, 9.17) is 9.47 Å². The van der Waals surface area contributed by atoms with E-state index in [2.05, 4.69) is 5.32 Å². The Hall–Kier alpha value is -1.75. The van der Waals surface area contributed by atoms with Crippen LogP contribution in [0.4, 0.5) is 0 Å². The second-order valence-electron chi connectivity index (χ2n) is 6.26. The fraction of sp³-hybridized carbons (Fsp3) is 0.611. The van der Waals surface area contributed by atoms with Gasteiger partial charge in [0, 0.05) is 19.0 Å². The first-order valence-corrected chi connectivity index (χ1v) is 8.66. The maximum atomic E-state index is 12.5. The van der Waals surface area contributed by atoms with Crippen LogP contribution in [0, 0.1) is 0 Å². The van der Waals surface area contributed by atoms with Crippen LogP contribution in [-0.2, 0) is 4.79 Å². The Labute approximate surface area is 137 Å². The molecule has 23 heavy (non-hydrogen) atoms. The van der Waals surface area contributed by atoms with Gasteiger partial charge in [-0.05, 0) is 44.9 Å². The van der Waals surface area contributed by atoms with Gasteiger partial charge in [-0.2, -0.15) is 0 Å². The lowest BCUT2D eigenvalue weighted by Crippen LogP contribution is -2.43. The summed E-state index contributed by atoms with van der Waals surface area (Å²) >= 11 is 0. The normalized spacial score (nSPS) is 22.8. The molecule has 2 aliphatic rings. The van der Waals surface area contributed by atoms with E-state index in [1.54, 1.807) is 0 Å². The summed E-state index contributed by atoms with van der Waals surface area (Å²) in [6.07, 6.45) is 3.85. The first-order valence-electron chi connectivity index (χ1n) is 8.66. The highest BCUT2D eigenvalue weighted by atomic mass is 16.6. The molecule has 0 aromatic heterocycles. The van der Waals surface area contributed by atoms with Crippen molar-refractivity contribution in [2.24, 2.45) is 0 Å². The van der Waals surface area contributed by atoms with Gasteiger partial charge in [0.25, 0.3) is 0 Å².